The van der Waals surface area contributed by atoms with Crippen molar-refractivity contribution in [1.82, 2.24) is 0 Å². The maximum atomic E-state index is 11.4. The Kier molecular flexibility index (Phi) is 3.90. The van der Waals surface area contributed by atoms with Crippen LogP contribution in [-0.2, 0) is 9.84 Å². The maximum Gasteiger partial charge on any atom is 0.154 e. The molecule has 0 radical (unpaired) electrons. The van der Waals surface area contributed by atoms with E-state index in [1.165, 1.54) is 0 Å². The smallest absolute Gasteiger partial charge is 0.154 e. The van der Waals surface area contributed by atoms with Crippen molar-refractivity contribution in [2.45, 2.75) is 11.3 Å². The molecule has 16 heavy (non-hydrogen) atoms. The van der Waals surface area contributed by atoms with Gasteiger partial charge in [-0.05, 0) is 17.7 Å². The molecule has 0 amide bonds. The van der Waals surface area contributed by atoms with Gasteiger partial charge in [-0.3, -0.25) is 0 Å². The van der Waals surface area contributed by atoms with E-state index in [9.17, 15) is 8.42 Å². The summed E-state index contributed by atoms with van der Waals surface area (Å²) in [6.07, 6.45) is 1.06. The lowest BCUT2D eigenvalue weighted by Crippen LogP contribution is -2.36. The van der Waals surface area contributed by atoms with Gasteiger partial charge in [0.1, 0.15) is 5.25 Å². The number of benzene rings is 1. The molecule has 0 spiro atoms. The molecule has 5 nitrogen and oxygen atoms in total. The highest BCUT2D eigenvalue weighted by Crippen LogP contribution is 2.20. The molecule has 0 aliphatic rings. The molecule has 1 rings (SSSR count). The first-order chi connectivity index (χ1) is 7.36. The van der Waals surface area contributed by atoms with Crippen LogP contribution in [0.15, 0.2) is 24.3 Å². The molecule has 5 N–H and O–H groups in total. The molecule has 0 bridgehead atoms. The molecule has 2 atom stereocenters. The third-order valence-electron chi connectivity index (χ3n) is 2.45. The molecular weight excluding hydrogens is 228 g/mol. The second kappa shape index (κ2) is 4.82. The van der Waals surface area contributed by atoms with Crippen LogP contribution in [0.25, 0.3) is 0 Å². The molecule has 0 heterocycles. The number of sulfone groups is 1. The molecule has 90 valence electrons. The number of hydrogen-bond donors (Lipinski definition) is 3. The maximum absolute atomic E-state index is 11.4. The van der Waals surface area contributed by atoms with Crippen molar-refractivity contribution in [3.05, 3.63) is 29.8 Å². The van der Waals surface area contributed by atoms with Crippen LogP contribution < -0.4 is 11.5 Å². The predicted octanol–water partition coefficient (Wildman–Crippen LogP) is -0.326. The topological polar surface area (TPSA) is 106 Å². The van der Waals surface area contributed by atoms with Gasteiger partial charge in [-0.2, -0.15) is 0 Å². The summed E-state index contributed by atoms with van der Waals surface area (Å²) in [4.78, 5) is 0. The van der Waals surface area contributed by atoms with Crippen molar-refractivity contribution >= 4 is 15.5 Å². The lowest BCUT2D eigenvalue weighted by atomic mass is 10.0. The molecule has 1 aromatic rings. The van der Waals surface area contributed by atoms with Gasteiger partial charge in [-0.1, -0.05) is 12.1 Å². The van der Waals surface area contributed by atoms with Crippen molar-refractivity contribution in [3.63, 3.8) is 0 Å². The van der Waals surface area contributed by atoms with Crippen molar-refractivity contribution < 1.29 is 13.5 Å². The lowest BCUT2D eigenvalue weighted by Gasteiger charge is -2.20. The van der Waals surface area contributed by atoms with Crippen LogP contribution in [0.5, 0.6) is 0 Å². The van der Waals surface area contributed by atoms with Crippen LogP contribution in [0.1, 0.15) is 11.6 Å². The van der Waals surface area contributed by atoms with Gasteiger partial charge in [0, 0.05) is 18.0 Å². The average Bonchev–Trinajstić information content (AvgIpc) is 2.17. The van der Waals surface area contributed by atoms with Crippen molar-refractivity contribution in [2.24, 2.45) is 5.73 Å². The number of aliphatic hydroxyl groups excluding tert-OH is 1. The third-order valence-corrected chi connectivity index (χ3v) is 3.99. The summed E-state index contributed by atoms with van der Waals surface area (Å²) in [5, 5.41) is 8.07. The quantitative estimate of drug-likeness (QED) is 0.629. The molecule has 1 aromatic carbocycles. The average molecular weight is 244 g/mol. The second-order valence-corrected chi connectivity index (χ2v) is 6.01. The fourth-order valence-corrected chi connectivity index (χ4v) is 2.41. The normalized spacial score (nSPS) is 15.7. The number of nitrogen functional groups attached to an aromatic ring is 1. The van der Waals surface area contributed by atoms with Crippen LogP contribution in [0, 0.1) is 0 Å². The molecule has 0 saturated heterocycles. The molecule has 0 unspecified atom stereocenters. The Hall–Kier alpha value is -1.11. The Labute approximate surface area is 95.0 Å². The second-order valence-electron chi connectivity index (χ2n) is 3.74. The Morgan fingerprint density at radius 2 is 1.81 bits per heavy atom. The Morgan fingerprint density at radius 1 is 1.31 bits per heavy atom. The highest BCUT2D eigenvalue weighted by atomic mass is 32.2. The summed E-state index contributed by atoms with van der Waals surface area (Å²) in [5.41, 5.74) is 12.5. The molecule has 0 aliphatic carbocycles. The van der Waals surface area contributed by atoms with E-state index >= 15 is 0 Å². The van der Waals surface area contributed by atoms with Gasteiger partial charge in [0.15, 0.2) is 9.84 Å². The molecule has 0 saturated carbocycles. The van der Waals surface area contributed by atoms with E-state index in [-0.39, 0.29) is 0 Å². The van der Waals surface area contributed by atoms with Gasteiger partial charge in [0.25, 0.3) is 0 Å². The lowest BCUT2D eigenvalue weighted by molar-refractivity contribution is 0.278. The van der Waals surface area contributed by atoms with Gasteiger partial charge in [0.2, 0.25) is 0 Å². The molecule has 6 heteroatoms. The van der Waals surface area contributed by atoms with Gasteiger partial charge in [0.05, 0.1) is 6.61 Å². The van der Waals surface area contributed by atoms with E-state index in [4.69, 9.17) is 16.6 Å². The van der Waals surface area contributed by atoms with Crippen molar-refractivity contribution in [1.29, 1.82) is 0 Å². The first-order valence-electron chi connectivity index (χ1n) is 4.77. The first kappa shape index (κ1) is 13.0. The summed E-state index contributed by atoms with van der Waals surface area (Å²) >= 11 is 0. The Bertz CT molecular complexity index is 442. The number of hydrogen-bond acceptors (Lipinski definition) is 5. The van der Waals surface area contributed by atoms with Crippen LogP contribution in [0.4, 0.5) is 5.69 Å². The number of rotatable bonds is 4. The van der Waals surface area contributed by atoms with Gasteiger partial charge in [-0.15, -0.1) is 0 Å². The zero-order valence-electron chi connectivity index (χ0n) is 9.00. The fraction of sp³-hybridized carbons (Fsp3) is 0.400. The predicted molar refractivity (Wildman–Crippen MR) is 63.5 cm³/mol. The van der Waals surface area contributed by atoms with Crippen molar-refractivity contribution in [3.8, 4) is 0 Å². The molecular formula is C10H16N2O3S. The van der Waals surface area contributed by atoms with Gasteiger partial charge < -0.3 is 16.6 Å². The SMILES string of the molecule is CS(=O)(=O)[C@@H](CO)[C@H](N)c1ccc(N)cc1. The van der Waals surface area contributed by atoms with Crippen LogP contribution in [-0.4, -0.2) is 31.6 Å². The van der Waals surface area contributed by atoms with E-state index in [1.807, 2.05) is 0 Å². The Balaban J connectivity index is 3.00. The van der Waals surface area contributed by atoms with E-state index in [2.05, 4.69) is 0 Å². The number of nitrogens with two attached hydrogens (primary N) is 2. The zero-order valence-corrected chi connectivity index (χ0v) is 9.81. The van der Waals surface area contributed by atoms with E-state index < -0.39 is 27.7 Å². The minimum Gasteiger partial charge on any atom is -0.399 e. The summed E-state index contributed by atoms with van der Waals surface area (Å²) in [5.74, 6) is 0. The van der Waals surface area contributed by atoms with E-state index in [0.29, 0.717) is 11.3 Å². The summed E-state index contributed by atoms with van der Waals surface area (Å²) in [7, 11) is -3.38. The van der Waals surface area contributed by atoms with Gasteiger partial charge >= 0.3 is 0 Å². The highest BCUT2D eigenvalue weighted by molar-refractivity contribution is 7.91. The highest BCUT2D eigenvalue weighted by Gasteiger charge is 2.27. The molecule has 0 aromatic heterocycles. The standard InChI is InChI=1S/C10H16N2O3S/c1-16(14,15)9(6-13)10(12)7-2-4-8(11)5-3-7/h2-5,9-10,13H,6,11-12H2,1H3/t9-,10+/m0/s1. The Morgan fingerprint density at radius 3 is 2.19 bits per heavy atom. The summed E-state index contributed by atoms with van der Waals surface area (Å²) < 4.78 is 22.8. The molecule has 0 aliphatic heterocycles. The minimum atomic E-state index is -3.38. The summed E-state index contributed by atoms with van der Waals surface area (Å²) in [6.45, 7) is -0.496. The minimum absolute atomic E-state index is 0.496. The largest absolute Gasteiger partial charge is 0.399 e. The van der Waals surface area contributed by atoms with Gasteiger partial charge in [-0.25, -0.2) is 8.42 Å². The molecule has 0 fully saturated rings. The van der Waals surface area contributed by atoms with Crippen LogP contribution >= 0.6 is 0 Å². The van der Waals surface area contributed by atoms with Crippen molar-refractivity contribution in [2.75, 3.05) is 18.6 Å². The van der Waals surface area contributed by atoms with Crippen LogP contribution in [0.3, 0.4) is 0 Å². The number of anilines is 1. The fourth-order valence-electron chi connectivity index (χ4n) is 1.45. The monoisotopic (exact) mass is 244 g/mol. The first-order valence-corrected chi connectivity index (χ1v) is 6.72. The zero-order chi connectivity index (χ0) is 12.3. The number of aliphatic hydroxyl groups is 1. The van der Waals surface area contributed by atoms with Crippen LogP contribution in [0.2, 0.25) is 0 Å². The van der Waals surface area contributed by atoms with E-state index in [1.54, 1.807) is 24.3 Å². The summed E-state index contributed by atoms with van der Waals surface area (Å²) in [6, 6.07) is 5.86. The third kappa shape index (κ3) is 2.94. The van der Waals surface area contributed by atoms with E-state index in [0.717, 1.165) is 6.26 Å².